The van der Waals surface area contributed by atoms with Crippen LogP contribution in [0, 0.1) is 17.8 Å². The third-order valence-corrected chi connectivity index (χ3v) is 12.2. The fourth-order valence-electron chi connectivity index (χ4n) is 8.46. The molecule has 3 aliphatic rings. The highest BCUT2D eigenvalue weighted by Gasteiger charge is 2.64. The van der Waals surface area contributed by atoms with Crippen LogP contribution >= 0.6 is 11.8 Å². The van der Waals surface area contributed by atoms with Crippen molar-refractivity contribution in [3.63, 3.8) is 0 Å². The lowest BCUT2D eigenvalue weighted by Crippen LogP contribution is -2.64. The van der Waals surface area contributed by atoms with Crippen LogP contribution in [0.1, 0.15) is 74.5 Å². The lowest BCUT2D eigenvalue weighted by molar-refractivity contribution is -0.223. The average molecular weight is 770 g/mol. The summed E-state index contributed by atoms with van der Waals surface area (Å²) in [5.41, 5.74) is 5.11. The fourth-order valence-corrected chi connectivity index (χ4v) is 9.87. The van der Waals surface area contributed by atoms with Crippen molar-refractivity contribution in [1.29, 1.82) is 0 Å². The quantitative estimate of drug-likeness (QED) is 0.0595. The van der Waals surface area contributed by atoms with Crippen LogP contribution in [0.4, 0.5) is 4.79 Å². The Morgan fingerprint density at radius 3 is 2.58 bits per heavy atom. The Hall–Kier alpha value is -4.16. The van der Waals surface area contributed by atoms with Crippen molar-refractivity contribution >= 4 is 23.6 Å². The van der Waals surface area contributed by atoms with Crippen molar-refractivity contribution in [3.8, 4) is 11.5 Å². The summed E-state index contributed by atoms with van der Waals surface area (Å²) in [5, 5.41) is 27.1. The van der Waals surface area contributed by atoms with E-state index in [1.807, 2.05) is 85.7 Å². The van der Waals surface area contributed by atoms with Gasteiger partial charge in [-0.2, -0.15) is 11.8 Å². The number of pyridine rings is 1. The highest BCUT2D eigenvalue weighted by molar-refractivity contribution is 8.00. The Morgan fingerprint density at radius 1 is 1.05 bits per heavy atom. The maximum Gasteiger partial charge on any atom is 0.412 e. The van der Waals surface area contributed by atoms with Gasteiger partial charge in [0.2, 0.25) is 5.79 Å². The number of nitrogens with zero attached hydrogens (tertiary/aromatic N) is 2. The first kappa shape index (κ1) is 40.5. The van der Waals surface area contributed by atoms with E-state index in [1.165, 1.54) is 5.56 Å². The van der Waals surface area contributed by atoms with Gasteiger partial charge >= 0.3 is 6.09 Å². The number of fused-ring (bicyclic) bond motifs is 2. The van der Waals surface area contributed by atoms with Crippen LogP contribution in [0.2, 0.25) is 0 Å². The summed E-state index contributed by atoms with van der Waals surface area (Å²) in [6.07, 6.45) is 13.6. The molecule has 2 heterocycles. The number of thioether (sulfide) groups is 1. The Balaban J connectivity index is 1.44. The molecule has 6 atom stereocenters. The van der Waals surface area contributed by atoms with Crippen LogP contribution in [0.5, 0.6) is 11.5 Å². The van der Waals surface area contributed by atoms with Crippen LogP contribution in [0.15, 0.2) is 103 Å². The van der Waals surface area contributed by atoms with Gasteiger partial charge in [0.1, 0.15) is 18.1 Å². The number of oxime groups is 1. The molecule has 294 valence electrons. The molecule has 11 heteroatoms. The summed E-state index contributed by atoms with van der Waals surface area (Å²) in [6.45, 7) is 7.31. The van der Waals surface area contributed by atoms with E-state index in [2.05, 4.69) is 23.0 Å². The first-order chi connectivity index (χ1) is 27.0. The second-order valence-electron chi connectivity index (χ2n) is 14.4. The number of rotatable bonds is 20. The largest absolute Gasteiger partial charge is 0.460 e. The van der Waals surface area contributed by atoms with Gasteiger partial charge in [0.25, 0.3) is 0 Å². The fraction of sp³-hybridized carbons (Fsp3) is 0.477. The molecule has 0 saturated heterocycles. The van der Waals surface area contributed by atoms with E-state index in [0.29, 0.717) is 44.1 Å². The Labute approximate surface area is 329 Å². The minimum atomic E-state index is -1.06. The van der Waals surface area contributed by atoms with Crippen LogP contribution in [-0.4, -0.2) is 70.2 Å². The molecule has 3 aromatic rings. The van der Waals surface area contributed by atoms with E-state index in [9.17, 15) is 15.0 Å². The first-order valence-corrected chi connectivity index (χ1v) is 20.8. The molecule has 2 aliphatic carbocycles. The molecular formula is C44H55N3O7S. The van der Waals surface area contributed by atoms with Gasteiger partial charge in [-0.15, -0.1) is 6.58 Å². The molecule has 2 aromatic carbocycles. The molecule has 3 N–H and O–H groups in total. The molecule has 0 bridgehead atoms. The summed E-state index contributed by atoms with van der Waals surface area (Å²) in [7, 11) is 0. The van der Waals surface area contributed by atoms with Crippen molar-refractivity contribution in [3.05, 3.63) is 114 Å². The molecule has 1 aromatic heterocycles. The number of hydrogen-bond donors (Lipinski definition) is 3. The SMILES string of the molecule is C=CCOC12Oc3ccc(OC(=O)NCc4ccccc4)cc3C3C(CCCCO)C(CCCCO)C=C(C(=NOCC)CC1SCCc1ccncc1)C32. The van der Waals surface area contributed by atoms with Crippen molar-refractivity contribution < 1.29 is 34.1 Å². The summed E-state index contributed by atoms with van der Waals surface area (Å²) >= 11 is 1.83. The number of carbonyl (C=O) groups is 1. The van der Waals surface area contributed by atoms with Crippen molar-refractivity contribution in [1.82, 2.24) is 10.3 Å². The van der Waals surface area contributed by atoms with Gasteiger partial charge in [0.05, 0.1) is 23.5 Å². The van der Waals surface area contributed by atoms with E-state index in [4.69, 9.17) is 24.2 Å². The topological polar surface area (TPSA) is 132 Å². The number of benzene rings is 2. The number of allylic oxidation sites excluding steroid dienone is 1. The van der Waals surface area contributed by atoms with Gasteiger partial charge in [0.15, 0.2) is 0 Å². The number of unbranched alkanes of at least 4 members (excludes halogenated alkanes) is 2. The number of aryl methyl sites for hydroxylation is 1. The minimum Gasteiger partial charge on any atom is -0.460 e. The summed E-state index contributed by atoms with van der Waals surface area (Å²) in [4.78, 5) is 23.1. The van der Waals surface area contributed by atoms with Crippen LogP contribution < -0.4 is 14.8 Å². The van der Waals surface area contributed by atoms with E-state index in [0.717, 1.165) is 66.7 Å². The van der Waals surface area contributed by atoms with Gasteiger partial charge in [-0.3, -0.25) is 4.98 Å². The molecule has 6 unspecified atom stereocenters. The number of aliphatic hydroxyl groups excluding tert-OH is 2. The summed E-state index contributed by atoms with van der Waals surface area (Å²) < 4.78 is 20.1. The highest BCUT2D eigenvalue weighted by atomic mass is 32.2. The van der Waals surface area contributed by atoms with Gasteiger partial charge < -0.3 is 34.6 Å². The van der Waals surface area contributed by atoms with Crippen LogP contribution in [0.3, 0.4) is 0 Å². The number of aliphatic hydroxyl groups is 2. The number of nitrogens with one attached hydrogen (secondary N) is 1. The molecule has 1 fully saturated rings. The van der Waals surface area contributed by atoms with Crippen LogP contribution in [0.25, 0.3) is 0 Å². The first-order valence-electron chi connectivity index (χ1n) is 19.7. The van der Waals surface area contributed by atoms with E-state index >= 15 is 0 Å². The van der Waals surface area contributed by atoms with Gasteiger partial charge in [-0.05, 0) is 104 Å². The van der Waals surface area contributed by atoms with Crippen molar-refractivity contribution in [2.45, 2.75) is 81.8 Å². The number of aromatic nitrogens is 1. The zero-order chi connectivity index (χ0) is 38.5. The second kappa shape index (κ2) is 20.1. The van der Waals surface area contributed by atoms with E-state index in [-0.39, 0.29) is 42.1 Å². The van der Waals surface area contributed by atoms with E-state index < -0.39 is 11.9 Å². The molecule has 6 rings (SSSR count). The lowest BCUT2D eigenvalue weighted by atomic mass is 9.56. The zero-order valence-electron chi connectivity index (χ0n) is 31.8. The maximum atomic E-state index is 13.1. The molecule has 1 amide bonds. The van der Waals surface area contributed by atoms with E-state index in [1.54, 1.807) is 12.1 Å². The third-order valence-electron chi connectivity index (χ3n) is 10.9. The second-order valence-corrected chi connectivity index (χ2v) is 15.7. The number of carbonyl (C=O) groups excluding carboxylic acids is 1. The standard InChI is InChI=1S/C44H55N3O7S/c1-3-25-51-44-40(55-26-20-31-18-21-45-22-19-31)29-38(47-52-4-2)36-27-33(14-8-10-23-48)35(15-9-11-24-49)41(42(36)44)37-28-34(16-17-39(37)54-44)53-43(50)46-30-32-12-6-5-7-13-32/h3,5-7,12-13,16-19,21-22,27-28,33,35,40-42,48-49H,1,4,8-11,14-15,20,23-26,29-30H2,2H3,(H,46,50). The van der Waals surface area contributed by atoms with Gasteiger partial charge in [-0.1, -0.05) is 60.5 Å². The van der Waals surface area contributed by atoms with Crippen molar-refractivity contribution in [2.24, 2.45) is 22.9 Å². The lowest BCUT2D eigenvalue weighted by Gasteiger charge is -2.58. The zero-order valence-corrected chi connectivity index (χ0v) is 32.6. The Bertz CT molecular complexity index is 1760. The predicted octanol–water partition coefficient (Wildman–Crippen LogP) is 8.00. The molecular weight excluding hydrogens is 715 g/mol. The molecule has 0 radical (unpaired) electrons. The predicted molar refractivity (Wildman–Crippen MR) is 216 cm³/mol. The summed E-state index contributed by atoms with van der Waals surface area (Å²) in [5.74, 6) is 0.838. The third kappa shape index (κ3) is 9.81. The molecule has 1 aliphatic heterocycles. The summed E-state index contributed by atoms with van der Waals surface area (Å²) in [6, 6.07) is 19.5. The normalized spacial score (nSPS) is 24.5. The Kier molecular flexibility index (Phi) is 14.8. The molecule has 10 nitrogen and oxygen atoms in total. The average Bonchev–Trinajstić information content (AvgIpc) is 3.21. The molecule has 1 saturated carbocycles. The smallest absolute Gasteiger partial charge is 0.412 e. The number of amides is 1. The molecule has 0 spiro atoms. The minimum absolute atomic E-state index is 0.0993. The number of hydrogen-bond acceptors (Lipinski definition) is 10. The Morgan fingerprint density at radius 2 is 1.84 bits per heavy atom. The van der Waals surface area contributed by atoms with Gasteiger partial charge in [0, 0.05) is 50.1 Å². The molecule has 55 heavy (non-hydrogen) atoms. The monoisotopic (exact) mass is 769 g/mol. The van der Waals surface area contributed by atoms with Crippen molar-refractivity contribution in [2.75, 3.05) is 32.2 Å². The highest BCUT2D eigenvalue weighted by Crippen LogP contribution is 2.62. The van der Waals surface area contributed by atoms with Crippen LogP contribution in [-0.2, 0) is 22.5 Å². The van der Waals surface area contributed by atoms with Gasteiger partial charge in [-0.25, -0.2) is 4.79 Å². The maximum absolute atomic E-state index is 13.1. The number of ether oxygens (including phenoxy) is 3.